The number of β-amino-alcohol motifs (C(OH)–C–C–N with tert-alkyl or cyclic N) is 1. The zero-order valence-electron chi connectivity index (χ0n) is 40.5. The van der Waals surface area contributed by atoms with Crippen LogP contribution in [0.25, 0.3) is 21.7 Å². The highest BCUT2D eigenvalue weighted by molar-refractivity contribution is 7.91. The number of nitrogens with two attached hydrogens (primary N) is 1. The number of aliphatic imine (C=N–C) groups is 1. The van der Waals surface area contributed by atoms with Crippen LogP contribution in [-0.2, 0) is 36.8 Å². The van der Waals surface area contributed by atoms with E-state index in [1.165, 1.54) is 4.57 Å². The van der Waals surface area contributed by atoms with Gasteiger partial charge in [0.15, 0.2) is 21.1 Å². The van der Waals surface area contributed by atoms with Crippen molar-refractivity contribution < 1.29 is 37.2 Å². The summed E-state index contributed by atoms with van der Waals surface area (Å²) in [5.74, 6) is -1.96. The van der Waals surface area contributed by atoms with E-state index in [0.29, 0.717) is 65.6 Å². The Bertz CT molecular complexity index is 3150. The van der Waals surface area contributed by atoms with Gasteiger partial charge in [0.25, 0.3) is 17.3 Å². The highest BCUT2D eigenvalue weighted by atomic mass is 32.2. The molecule has 5 N–H and O–H groups in total. The number of aliphatic hydroxyl groups is 1. The molecule has 0 radical (unpaired) electrons. The molecule has 3 amide bonds. The van der Waals surface area contributed by atoms with E-state index in [0.717, 1.165) is 40.9 Å². The maximum absolute atomic E-state index is 14.5. The van der Waals surface area contributed by atoms with Crippen molar-refractivity contribution in [3.63, 3.8) is 0 Å². The van der Waals surface area contributed by atoms with Crippen LogP contribution >= 0.6 is 11.3 Å². The van der Waals surface area contributed by atoms with Gasteiger partial charge in [-0.25, -0.2) is 18.4 Å². The lowest BCUT2D eigenvalue weighted by Crippen LogP contribution is -2.48. The van der Waals surface area contributed by atoms with Gasteiger partial charge in [-0.15, -0.1) is 11.3 Å². The highest BCUT2D eigenvalue weighted by Crippen LogP contribution is 2.47. The molecule has 2 saturated heterocycles. The van der Waals surface area contributed by atoms with Crippen molar-refractivity contribution in [3.05, 3.63) is 110 Å². The van der Waals surface area contributed by atoms with E-state index < -0.39 is 45.1 Å². The third kappa shape index (κ3) is 8.69. The number of fused-ring (bicyclic) bond motifs is 2. The van der Waals surface area contributed by atoms with E-state index in [1.807, 2.05) is 45.0 Å². The van der Waals surface area contributed by atoms with Gasteiger partial charge in [-0.2, -0.15) is 0 Å². The van der Waals surface area contributed by atoms with Crippen LogP contribution < -0.4 is 26.7 Å². The molecule has 0 saturated carbocycles. The number of aromatic nitrogens is 3. The molecule has 8 heterocycles. The lowest BCUT2D eigenvalue weighted by atomic mass is 9.88. The summed E-state index contributed by atoms with van der Waals surface area (Å²) >= 11 is 1.55. The van der Waals surface area contributed by atoms with Gasteiger partial charge in [-0.05, 0) is 66.1 Å². The number of aryl methyl sites for hydroxylation is 2. The number of likely N-dealkylation sites (tertiary alicyclic amines) is 2. The van der Waals surface area contributed by atoms with Crippen LogP contribution in [0, 0.1) is 12.8 Å². The SMILES string of the molecule is Cc1ncsc1-c1ccc([C@]2(C)N=C([C@@H]3C[C@@H](O)CN3C(=O)[C@@H](c3cc(OCCN4CC[C@H](N5CCC6NC=C7C(C(N)=O)=C(CS(C)(=O)=O)c8ccn(C)c(=O)c8C5=C76)C4)no3)C(C)C)NC2=O)cc1. The third-order valence-electron chi connectivity index (χ3n) is 14.8. The van der Waals surface area contributed by atoms with Crippen LogP contribution in [0.1, 0.15) is 74.1 Å². The monoisotopic (exact) mass is 1010 g/mol. The summed E-state index contributed by atoms with van der Waals surface area (Å²) in [6, 6.07) is 10.2. The molecule has 6 aliphatic rings. The number of rotatable bonds is 14. The Hall–Kier alpha value is -6.42. The fourth-order valence-electron chi connectivity index (χ4n) is 11.2. The minimum absolute atomic E-state index is 0.0151. The van der Waals surface area contributed by atoms with Crippen LogP contribution in [0.4, 0.5) is 0 Å². The molecule has 2 fully saturated rings. The maximum atomic E-state index is 14.5. The van der Waals surface area contributed by atoms with Gasteiger partial charge in [0, 0.05) is 88.1 Å². The van der Waals surface area contributed by atoms with Crippen LogP contribution in [-0.4, -0.2) is 142 Å². The summed E-state index contributed by atoms with van der Waals surface area (Å²) in [5, 5.41) is 21.5. The van der Waals surface area contributed by atoms with E-state index in [9.17, 15) is 32.7 Å². The van der Waals surface area contributed by atoms with Crippen molar-refractivity contribution in [2.24, 2.45) is 23.7 Å². The Morgan fingerprint density at radius 2 is 1.89 bits per heavy atom. The molecule has 71 heavy (non-hydrogen) atoms. The number of hydrogen-bond acceptors (Lipinski definition) is 16. The van der Waals surface area contributed by atoms with Crippen molar-refractivity contribution in [2.75, 3.05) is 51.3 Å². The second kappa shape index (κ2) is 18.3. The summed E-state index contributed by atoms with van der Waals surface area (Å²) in [5.41, 5.74) is 12.0. The molecule has 3 aromatic heterocycles. The Morgan fingerprint density at radius 1 is 1.11 bits per heavy atom. The number of primary amides is 1. The highest BCUT2D eigenvalue weighted by Gasteiger charge is 2.49. The molecule has 10 rings (SSSR count). The number of ether oxygens (including phenoxy) is 1. The maximum Gasteiger partial charge on any atom is 0.260 e. The second-order valence-electron chi connectivity index (χ2n) is 20.0. The van der Waals surface area contributed by atoms with Gasteiger partial charge in [-0.1, -0.05) is 38.1 Å². The fourth-order valence-corrected chi connectivity index (χ4v) is 12.9. The fraction of sp³-hybridized carbons (Fsp3) is 0.460. The number of amidine groups is 1. The molecular formula is C50H58N10O9S2. The third-order valence-corrected chi connectivity index (χ3v) is 16.6. The number of benzene rings is 1. The molecule has 6 atom stereocenters. The number of amides is 3. The Morgan fingerprint density at radius 3 is 2.59 bits per heavy atom. The summed E-state index contributed by atoms with van der Waals surface area (Å²) in [7, 11) is -2.00. The van der Waals surface area contributed by atoms with Gasteiger partial charge in [0.1, 0.15) is 18.4 Å². The summed E-state index contributed by atoms with van der Waals surface area (Å²) in [4.78, 5) is 72.0. The van der Waals surface area contributed by atoms with Crippen LogP contribution in [0.2, 0.25) is 0 Å². The number of nitrogens with one attached hydrogen (secondary N) is 2. The van der Waals surface area contributed by atoms with Crippen molar-refractivity contribution in [2.45, 2.75) is 82.6 Å². The van der Waals surface area contributed by atoms with E-state index in [-0.39, 0.29) is 72.0 Å². The number of sulfone groups is 1. The molecule has 0 bridgehead atoms. The number of carbonyl (C=O) groups is 3. The predicted octanol–water partition coefficient (Wildman–Crippen LogP) is 2.67. The predicted molar refractivity (Wildman–Crippen MR) is 267 cm³/mol. The number of thiazole rings is 1. The summed E-state index contributed by atoms with van der Waals surface area (Å²) < 4.78 is 39.1. The van der Waals surface area contributed by atoms with E-state index in [2.05, 4.69) is 30.6 Å². The van der Waals surface area contributed by atoms with Crippen LogP contribution in [0.3, 0.4) is 0 Å². The first-order valence-corrected chi connectivity index (χ1v) is 26.9. The minimum atomic E-state index is -3.65. The van der Waals surface area contributed by atoms with Gasteiger partial charge in [0.05, 0.1) is 56.9 Å². The van der Waals surface area contributed by atoms with E-state index >= 15 is 0 Å². The number of aliphatic hydroxyl groups excluding tert-OH is 1. The van der Waals surface area contributed by atoms with Crippen molar-refractivity contribution in [1.29, 1.82) is 0 Å². The van der Waals surface area contributed by atoms with Crippen LogP contribution in [0.5, 0.6) is 5.88 Å². The minimum Gasteiger partial charge on any atom is -0.474 e. The smallest absolute Gasteiger partial charge is 0.260 e. The zero-order valence-corrected chi connectivity index (χ0v) is 42.1. The molecule has 21 heteroatoms. The first-order valence-electron chi connectivity index (χ1n) is 23.9. The summed E-state index contributed by atoms with van der Waals surface area (Å²) in [6.45, 7) is 10.4. The zero-order chi connectivity index (χ0) is 50.3. The number of hydrogen-bond donors (Lipinski definition) is 4. The molecular weight excluding hydrogens is 949 g/mol. The topological polar surface area (TPSA) is 248 Å². The number of nitrogens with zero attached hydrogens (tertiary/aromatic N) is 7. The van der Waals surface area contributed by atoms with E-state index in [4.69, 9.17) is 20.0 Å². The molecule has 4 aromatic rings. The van der Waals surface area contributed by atoms with Crippen molar-refractivity contribution >= 4 is 56.0 Å². The molecule has 1 unspecified atom stereocenters. The molecule has 374 valence electrons. The largest absolute Gasteiger partial charge is 0.474 e. The van der Waals surface area contributed by atoms with Gasteiger partial charge in [-0.3, -0.25) is 24.1 Å². The second-order valence-corrected chi connectivity index (χ2v) is 23.0. The Labute approximate surface area is 415 Å². The van der Waals surface area contributed by atoms with Crippen molar-refractivity contribution in [3.8, 4) is 16.3 Å². The molecule has 5 aliphatic heterocycles. The van der Waals surface area contributed by atoms with E-state index in [1.54, 1.807) is 60.2 Å². The van der Waals surface area contributed by atoms with Crippen LogP contribution in [0.15, 0.2) is 85.3 Å². The average molecular weight is 1010 g/mol. The quantitative estimate of drug-likeness (QED) is 0.142. The lowest BCUT2D eigenvalue weighted by molar-refractivity contribution is -0.134. The molecule has 1 aromatic carbocycles. The number of pyridine rings is 1. The molecule has 0 spiro atoms. The van der Waals surface area contributed by atoms with Gasteiger partial charge < -0.3 is 45.1 Å². The van der Waals surface area contributed by atoms with Gasteiger partial charge >= 0.3 is 0 Å². The van der Waals surface area contributed by atoms with Crippen molar-refractivity contribution in [1.82, 2.24) is 40.0 Å². The average Bonchev–Trinajstić information content (AvgIpc) is 4.19. The molecule has 1 aliphatic carbocycles. The first-order chi connectivity index (χ1) is 33.8. The Balaban J connectivity index is 0.816. The number of carbonyl (C=O) groups excluding carboxylic acids is 3. The lowest BCUT2D eigenvalue weighted by Gasteiger charge is -2.40. The first kappa shape index (κ1) is 48.2. The summed E-state index contributed by atoms with van der Waals surface area (Å²) in [6.07, 6.45) is 5.26. The normalized spacial score (nSPS) is 24.7. The standard InChI is InChI=1S/C50H58N10O9S2/c1-26(2)39(48(64)60-23-31(61)19-36(60)46-54-49(65)50(4,55-46)29-9-7-28(8-10-29)44-27(3)53-25-70-44)37-20-38(56-69-37)68-18-17-58-15-11-30(22-58)59-16-13-35-41-33(21-52-35)40(45(51)62)34(24-71(6,66)67)32-12-14-57(5)47(63)42(32)43(41)59/h7-10,12,14,20-21,25-26,30-31,35-36,39,52,61H,11,13,15-19,22-24H2,1-6H3,(H2,51,62)(H,54,55,65)/t30-,31+,35?,36-,39+,50-/m0/s1. The Kier molecular flexibility index (Phi) is 12.4. The molecule has 19 nitrogen and oxygen atoms in total. The van der Waals surface area contributed by atoms with Gasteiger partial charge in [0.2, 0.25) is 11.8 Å².